The number of nitriles is 1. The summed E-state index contributed by atoms with van der Waals surface area (Å²) in [6, 6.07) is 13.3. The number of halogens is 3. The lowest BCUT2D eigenvalue weighted by molar-refractivity contribution is -0.274. The van der Waals surface area contributed by atoms with Gasteiger partial charge in [-0.15, -0.1) is 13.2 Å². The smallest absolute Gasteiger partial charge is 0.406 e. The third-order valence-corrected chi connectivity index (χ3v) is 6.79. The number of benzene rings is 1. The van der Waals surface area contributed by atoms with Gasteiger partial charge in [0.05, 0.1) is 11.2 Å². The van der Waals surface area contributed by atoms with Crippen molar-refractivity contribution in [1.82, 2.24) is 14.5 Å². The van der Waals surface area contributed by atoms with Crippen LogP contribution in [-0.4, -0.2) is 46.0 Å². The molecule has 0 N–H and O–H groups in total. The number of ether oxygens (including phenoxy) is 1. The Labute approximate surface area is 207 Å². The van der Waals surface area contributed by atoms with Crippen molar-refractivity contribution >= 4 is 16.7 Å². The summed E-state index contributed by atoms with van der Waals surface area (Å²) in [5.74, 6) is -0.240. The third kappa shape index (κ3) is 5.31. The number of rotatable bonds is 6. The van der Waals surface area contributed by atoms with E-state index in [-0.39, 0.29) is 23.4 Å². The Hall–Kier alpha value is -3.58. The average Bonchev–Trinajstić information content (AvgIpc) is 2.86. The number of pyridine rings is 2. The molecule has 2 atom stereocenters. The number of piperazine rings is 1. The molecular formula is C26H28F3N5O2. The molecule has 7 nitrogen and oxygen atoms in total. The van der Waals surface area contributed by atoms with E-state index in [0.717, 1.165) is 24.1 Å². The molecule has 1 aliphatic heterocycles. The van der Waals surface area contributed by atoms with E-state index in [0.29, 0.717) is 36.4 Å². The molecule has 36 heavy (non-hydrogen) atoms. The number of hydrogen-bond donors (Lipinski definition) is 0. The maximum atomic E-state index is 12.8. The van der Waals surface area contributed by atoms with Crippen LogP contribution in [0, 0.1) is 11.3 Å². The molecule has 4 rings (SSSR count). The van der Waals surface area contributed by atoms with Gasteiger partial charge < -0.3 is 14.2 Å². The van der Waals surface area contributed by atoms with Crippen LogP contribution >= 0.6 is 0 Å². The van der Waals surface area contributed by atoms with Crippen LogP contribution in [0.5, 0.6) is 5.75 Å². The topological polar surface area (TPSA) is 74.4 Å². The molecule has 10 heteroatoms. The maximum Gasteiger partial charge on any atom is 0.573 e. The molecule has 1 aliphatic rings. The van der Waals surface area contributed by atoms with Gasteiger partial charge in [0.25, 0.3) is 5.56 Å². The molecule has 0 unspecified atom stereocenters. The van der Waals surface area contributed by atoms with Crippen LogP contribution in [-0.2, 0) is 13.6 Å². The van der Waals surface area contributed by atoms with Crippen LogP contribution in [0.15, 0.2) is 47.3 Å². The van der Waals surface area contributed by atoms with Crippen molar-refractivity contribution in [1.29, 1.82) is 5.26 Å². The zero-order valence-electron chi connectivity index (χ0n) is 20.4. The lowest BCUT2D eigenvalue weighted by Crippen LogP contribution is -2.58. The number of fused-ring (bicyclic) bond motifs is 1. The van der Waals surface area contributed by atoms with Gasteiger partial charge in [-0.05, 0) is 42.7 Å². The summed E-state index contributed by atoms with van der Waals surface area (Å²) in [6.07, 6.45) is -3.05. The first-order valence-electron chi connectivity index (χ1n) is 11.9. The summed E-state index contributed by atoms with van der Waals surface area (Å²) in [6.45, 7) is 6.14. The molecule has 190 valence electrons. The zero-order valence-corrected chi connectivity index (χ0v) is 20.4. The standard InChI is InChI=1S/C26H28F3N5O2/c1-4-19-16-34(23-12-24(35)32(3)22-11-8-18(13-30)31-25(22)23)20(5-2)15-33(19)14-17-6-9-21(10-7-17)36-26(27,28)29/h6-12,19-20H,4-5,14-16H2,1-3H3/t19-,20+/m1/s1. The Kier molecular flexibility index (Phi) is 7.22. The lowest BCUT2D eigenvalue weighted by atomic mass is 10.00. The zero-order chi connectivity index (χ0) is 26.0. The Morgan fingerprint density at radius 3 is 2.39 bits per heavy atom. The number of anilines is 1. The van der Waals surface area contributed by atoms with Crippen molar-refractivity contribution in [3.63, 3.8) is 0 Å². The number of hydrogen-bond acceptors (Lipinski definition) is 6. The minimum atomic E-state index is -4.72. The monoisotopic (exact) mass is 499 g/mol. The molecular weight excluding hydrogens is 471 g/mol. The van der Waals surface area contributed by atoms with Gasteiger partial charge >= 0.3 is 6.36 Å². The van der Waals surface area contributed by atoms with Gasteiger partial charge in [-0.1, -0.05) is 26.0 Å². The number of nitrogens with zero attached hydrogens (tertiary/aromatic N) is 5. The Balaban J connectivity index is 1.62. The van der Waals surface area contributed by atoms with Crippen LogP contribution < -0.4 is 15.2 Å². The highest BCUT2D eigenvalue weighted by Crippen LogP contribution is 2.31. The van der Waals surface area contributed by atoms with Crippen LogP contribution in [0.25, 0.3) is 11.0 Å². The van der Waals surface area contributed by atoms with Crippen molar-refractivity contribution in [2.45, 2.75) is 51.7 Å². The molecule has 3 aromatic rings. The summed E-state index contributed by atoms with van der Waals surface area (Å²) >= 11 is 0. The van der Waals surface area contributed by atoms with Crippen molar-refractivity contribution in [3.05, 3.63) is 64.1 Å². The van der Waals surface area contributed by atoms with E-state index in [1.807, 2.05) is 0 Å². The quantitative estimate of drug-likeness (QED) is 0.494. The largest absolute Gasteiger partial charge is 0.573 e. The fourth-order valence-electron chi connectivity index (χ4n) is 4.86. The van der Waals surface area contributed by atoms with Gasteiger partial charge in [-0.3, -0.25) is 9.69 Å². The molecule has 2 aromatic heterocycles. The second kappa shape index (κ2) is 10.2. The number of aromatic nitrogens is 2. The first-order valence-corrected chi connectivity index (χ1v) is 11.9. The van der Waals surface area contributed by atoms with E-state index in [9.17, 15) is 23.2 Å². The Morgan fingerprint density at radius 2 is 1.78 bits per heavy atom. The summed E-state index contributed by atoms with van der Waals surface area (Å²) in [5, 5.41) is 9.38. The fraction of sp³-hybridized carbons (Fsp3) is 0.423. The van der Waals surface area contributed by atoms with Crippen molar-refractivity contribution in [3.8, 4) is 11.8 Å². The minimum absolute atomic E-state index is 0.0866. The molecule has 1 saturated heterocycles. The highest BCUT2D eigenvalue weighted by Gasteiger charge is 2.34. The van der Waals surface area contributed by atoms with Gasteiger partial charge in [-0.25, -0.2) is 4.98 Å². The fourth-order valence-corrected chi connectivity index (χ4v) is 4.86. The molecule has 1 aromatic carbocycles. The summed E-state index contributed by atoms with van der Waals surface area (Å²) in [5.41, 5.74) is 3.06. The number of alkyl halides is 3. The van der Waals surface area contributed by atoms with Crippen LogP contribution in [0.1, 0.15) is 37.9 Å². The van der Waals surface area contributed by atoms with Crippen LogP contribution in [0.4, 0.5) is 18.9 Å². The lowest BCUT2D eigenvalue weighted by Gasteiger charge is -2.47. The molecule has 3 heterocycles. The minimum Gasteiger partial charge on any atom is -0.406 e. The summed E-state index contributed by atoms with van der Waals surface area (Å²) < 4.78 is 43.0. The molecule has 0 radical (unpaired) electrons. The Bertz CT molecular complexity index is 1330. The molecule has 0 spiro atoms. The predicted molar refractivity (Wildman–Crippen MR) is 131 cm³/mol. The van der Waals surface area contributed by atoms with Crippen molar-refractivity contribution < 1.29 is 17.9 Å². The van der Waals surface area contributed by atoms with E-state index in [2.05, 4.69) is 39.4 Å². The third-order valence-electron chi connectivity index (χ3n) is 6.79. The summed E-state index contributed by atoms with van der Waals surface area (Å²) in [7, 11) is 1.69. The average molecular weight is 500 g/mol. The SMILES string of the molecule is CC[C@@H]1CN(c2cc(=O)n(C)c3ccc(C#N)nc23)[C@@H](CC)CN1Cc1ccc(OC(F)(F)F)cc1. The normalized spacial score (nSPS) is 18.9. The van der Waals surface area contributed by atoms with E-state index in [1.165, 1.54) is 16.7 Å². The maximum absolute atomic E-state index is 12.8. The molecule has 0 bridgehead atoms. The Morgan fingerprint density at radius 1 is 1.08 bits per heavy atom. The van der Waals surface area contributed by atoms with Crippen molar-refractivity contribution in [2.75, 3.05) is 18.0 Å². The second-order valence-electron chi connectivity index (χ2n) is 9.00. The van der Waals surface area contributed by atoms with E-state index >= 15 is 0 Å². The number of aryl methyl sites for hydroxylation is 1. The van der Waals surface area contributed by atoms with Crippen molar-refractivity contribution in [2.24, 2.45) is 7.05 Å². The van der Waals surface area contributed by atoms with Gasteiger partial charge in [0.15, 0.2) is 0 Å². The van der Waals surface area contributed by atoms with Gasteiger partial charge in [0.1, 0.15) is 23.0 Å². The van der Waals surface area contributed by atoms with Crippen LogP contribution in [0.2, 0.25) is 0 Å². The van der Waals surface area contributed by atoms with Gasteiger partial charge in [0.2, 0.25) is 0 Å². The molecule has 0 amide bonds. The molecule has 0 saturated carbocycles. The van der Waals surface area contributed by atoms with Crippen LogP contribution in [0.3, 0.4) is 0 Å². The van der Waals surface area contributed by atoms with E-state index in [1.54, 1.807) is 37.4 Å². The predicted octanol–water partition coefficient (Wildman–Crippen LogP) is 4.58. The van der Waals surface area contributed by atoms with Gasteiger partial charge in [0, 0.05) is 44.8 Å². The molecule has 1 fully saturated rings. The first kappa shape index (κ1) is 25.5. The second-order valence-corrected chi connectivity index (χ2v) is 9.00. The van der Waals surface area contributed by atoms with E-state index in [4.69, 9.17) is 0 Å². The highest BCUT2D eigenvalue weighted by atomic mass is 19.4. The highest BCUT2D eigenvalue weighted by molar-refractivity contribution is 5.89. The molecule has 0 aliphatic carbocycles. The first-order chi connectivity index (χ1) is 17.1. The summed E-state index contributed by atoms with van der Waals surface area (Å²) in [4.78, 5) is 21.9. The van der Waals surface area contributed by atoms with E-state index < -0.39 is 6.36 Å². The van der Waals surface area contributed by atoms with Gasteiger partial charge in [-0.2, -0.15) is 5.26 Å².